The second-order valence-electron chi connectivity index (χ2n) is 6.25. The molecule has 1 aliphatic rings. The molecule has 0 fully saturated rings. The number of unbranched alkanes of at least 4 members (excludes halogenated alkanes) is 3. The van der Waals surface area contributed by atoms with Gasteiger partial charge in [-0.1, -0.05) is 45.6 Å². The predicted molar refractivity (Wildman–Crippen MR) is 87.1 cm³/mol. The van der Waals surface area contributed by atoms with E-state index in [1.807, 2.05) is 6.07 Å². The summed E-state index contributed by atoms with van der Waals surface area (Å²) in [7, 11) is 0. The Kier molecular flexibility index (Phi) is 6.87. The maximum atomic E-state index is 5.60. The molecule has 3 heteroatoms. The lowest BCUT2D eigenvalue weighted by Gasteiger charge is -2.19. The van der Waals surface area contributed by atoms with Crippen LogP contribution in [0.3, 0.4) is 0 Å². The Morgan fingerprint density at radius 3 is 2.57 bits per heavy atom. The van der Waals surface area contributed by atoms with Gasteiger partial charge in [-0.05, 0) is 36.6 Å². The fraction of sp³-hybridized carbons (Fsp3) is 0.667. The van der Waals surface area contributed by atoms with Crippen LogP contribution in [0.2, 0.25) is 0 Å². The van der Waals surface area contributed by atoms with Gasteiger partial charge in [0.1, 0.15) is 13.2 Å². The van der Waals surface area contributed by atoms with Gasteiger partial charge in [-0.15, -0.1) is 0 Å². The molecule has 0 saturated carbocycles. The molecule has 0 radical (unpaired) electrons. The average molecular weight is 291 g/mol. The highest BCUT2D eigenvalue weighted by Gasteiger charge is 2.11. The van der Waals surface area contributed by atoms with Crippen LogP contribution in [0.15, 0.2) is 18.2 Å². The summed E-state index contributed by atoms with van der Waals surface area (Å²) in [6.07, 6.45) is 6.71. The highest BCUT2D eigenvalue weighted by molar-refractivity contribution is 5.43. The van der Waals surface area contributed by atoms with E-state index in [4.69, 9.17) is 9.47 Å². The van der Waals surface area contributed by atoms with Crippen LogP contribution >= 0.6 is 0 Å². The third-order valence-electron chi connectivity index (χ3n) is 3.82. The molecule has 0 spiro atoms. The summed E-state index contributed by atoms with van der Waals surface area (Å²) in [5.74, 6) is 2.60. The van der Waals surface area contributed by atoms with Gasteiger partial charge in [-0.2, -0.15) is 0 Å². The lowest BCUT2D eigenvalue weighted by molar-refractivity contribution is 0.171. The number of hydrogen-bond donors (Lipinski definition) is 1. The molecular formula is C18H29NO2. The Balaban J connectivity index is 1.56. The maximum Gasteiger partial charge on any atom is 0.161 e. The van der Waals surface area contributed by atoms with E-state index in [2.05, 4.69) is 31.3 Å². The highest BCUT2D eigenvalue weighted by atomic mass is 16.6. The topological polar surface area (TPSA) is 30.5 Å². The van der Waals surface area contributed by atoms with Crippen LogP contribution in [-0.4, -0.2) is 19.8 Å². The molecule has 2 rings (SSSR count). The third-order valence-corrected chi connectivity index (χ3v) is 3.82. The van der Waals surface area contributed by atoms with Crippen molar-refractivity contribution in [3.05, 3.63) is 23.8 Å². The van der Waals surface area contributed by atoms with Crippen molar-refractivity contribution in [2.45, 2.75) is 52.5 Å². The molecule has 0 saturated heterocycles. The standard InChI is InChI=1S/C18H29NO2/c1-15(2)7-5-3-4-6-10-19-14-16-8-9-17-18(13-16)21-12-11-20-17/h8-9,13,15,19H,3-7,10-12,14H2,1-2H3. The molecule has 0 amide bonds. The van der Waals surface area contributed by atoms with Crippen LogP contribution < -0.4 is 14.8 Å². The number of hydrogen-bond acceptors (Lipinski definition) is 3. The highest BCUT2D eigenvalue weighted by Crippen LogP contribution is 2.30. The summed E-state index contributed by atoms with van der Waals surface area (Å²) in [5.41, 5.74) is 1.26. The minimum absolute atomic E-state index is 0.653. The molecule has 118 valence electrons. The van der Waals surface area contributed by atoms with E-state index in [1.54, 1.807) is 0 Å². The number of rotatable bonds is 9. The van der Waals surface area contributed by atoms with Crippen LogP contribution in [0.25, 0.3) is 0 Å². The summed E-state index contributed by atoms with van der Waals surface area (Å²) in [4.78, 5) is 0. The van der Waals surface area contributed by atoms with E-state index in [0.29, 0.717) is 13.2 Å². The fourth-order valence-electron chi connectivity index (χ4n) is 2.59. The van der Waals surface area contributed by atoms with Gasteiger partial charge >= 0.3 is 0 Å². The molecule has 21 heavy (non-hydrogen) atoms. The molecule has 1 aliphatic heterocycles. The fourth-order valence-corrected chi connectivity index (χ4v) is 2.59. The third kappa shape index (κ3) is 5.96. The zero-order valence-corrected chi connectivity index (χ0v) is 13.5. The quantitative estimate of drug-likeness (QED) is 0.693. The summed E-state index contributed by atoms with van der Waals surface area (Å²) in [6, 6.07) is 6.21. The summed E-state index contributed by atoms with van der Waals surface area (Å²) >= 11 is 0. The molecule has 1 N–H and O–H groups in total. The Morgan fingerprint density at radius 2 is 1.76 bits per heavy atom. The number of ether oxygens (including phenoxy) is 2. The first-order chi connectivity index (χ1) is 10.3. The van der Waals surface area contributed by atoms with Crippen molar-refractivity contribution in [1.29, 1.82) is 0 Å². The molecule has 1 aromatic carbocycles. The normalized spacial score (nSPS) is 13.7. The van der Waals surface area contributed by atoms with Crippen molar-refractivity contribution in [3.63, 3.8) is 0 Å². The molecule has 0 unspecified atom stereocenters. The van der Waals surface area contributed by atoms with Gasteiger partial charge in [0.2, 0.25) is 0 Å². The molecule has 1 heterocycles. The summed E-state index contributed by atoms with van der Waals surface area (Å²) in [6.45, 7) is 7.91. The van der Waals surface area contributed by atoms with Gasteiger partial charge in [0.15, 0.2) is 11.5 Å². The number of benzene rings is 1. The van der Waals surface area contributed by atoms with Gasteiger partial charge in [0.05, 0.1) is 0 Å². The molecule has 3 nitrogen and oxygen atoms in total. The summed E-state index contributed by atoms with van der Waals surface area (Å²) in [5, 5.41) is 3.51. The lowest BCUT2D eigenvalue weighted by Crippen LogP contribution is -2.17. The van der Waals surface area contributed by atoms with Crippen LogP contribution in [0.1, 0.15) is 51.5 Å². The minimum atomic E-state index is 0.653. The Labute approximate surface area is 129 Å². The van der Waals surface area contributed by atoms with Crippen molar-refractivity contribution >= 4 is 0 Å². The van der Waals surface area contributed by atoms with Gasteiger partial charge < -0.3 is 14.8 Å². The number of fused-ring (bicyclic) bond motifs is 1. The second-order valence-corrected chi connectivity index (χ2v) is 6.25. The Hall–Kier alpha value is -1.22. The van der Waals surface area contributed by atoms with Gasteiger partial charge in [-0.25, -0.2) is 0 Å². The molecular weight excluding hydrogens is 262 g/mol. The maximum absolute atomic E-state index is 5.60. The first-order valence-electron chi connectivity index (χ1n) is 8.35. The molecule has 0 aliphatic carbocycles. The zero-order chi connectivity index (χ0) is 14.9. The van der Waals surface area contributed by atoms with Crippen LogP contribution in [0.5, 0.6) is 11.5 Å². The lowest BCUT2D eigenvalue weighted by atomic mass is 10.0. The molecule has 0 aromatic heterocycles. The first-order valence-corrected chi connectivity index (χ1v) is 8.35. The SMILES string of the molecule is CC(C)CCCCCCNCc1ccc2c(c1)OCCO2. The molecule has 0 atom stereocenters. The smallest absolute Gasteiger partial charge is 0.161 e. The largest absolute Gasteiger partial charge is 0.486 e. The molecule has 1 aromatic rings. The van der Waals surface area contributed by atoms with Crippen molar-refractivity contribution in [3.8, 4) is 11.5 Å². The van der Waals surface area contributed by atoms with E-state index in [-0.39, 0.29) is 0 Å². The monoisotopic (exact) mass is 291 g/mol. The van der Waals surface area contributed by atoms with E-state index in [1.165, 1.54) is 37.7 Å². The van der Waals surface area contributed by atoms with E-state index < -0.39 is 0 Å². The number of nitrogens with one attached hydrogen (secondary N) is 1. The average Bonchev–Trinajstić information content (AvgIpc) is 2.49. The van der Waals surface area contributed by atoms with Crippen LogP contribution in [0.4, 0.5) is 0 Å². The second kappa shape index (κ2) is 8.93. The zero-order valence-electron chi connectivity index (χ0n) is 13.5. The predicted octanol–water partition coefficient (Wildman–Crippen LogP) is 4.15. The van der Waals surface area contributed by atoms with Crippen molar-refractivity contribution in [2.24, 2.45) is 5.92 Å². The van der Waals surface area contributed by atoms with Gasteiger partial charge in [0, 0.05) is 6.54 Å². The van der Waals surface area contributed by atoms with Gasteiger partial charge in [-0.3, -0.25) is 0 Å². The first kappa shape index (κ1) is 16.2. The Bertz CT molecular complexity index is 418. The van der Waals surface area contributed by atoms with Crippen molar-refractivity contribution < 1.29 is 9.47 Å². The Morgan fingerprint density at radius 1 is 1.00 bits per heavy atom. The minimum Gasteiger partial charge on any atom is -0.486 e. The van der Waals surface area contributed by atoms with E-state index in [0.717, 1.165) is 30.5 Å². The summed E-state index contributed by atoms with van der Waals surface area (Å²) < 4.78 is 11.1. The van der Waals surface area contributed by atoms with Crippen LogP contribution in [0, 0.1) is 5.92 Å². The van der Waals surface area contributed by atoms with Crippen molar-refractivity contribution in [1.82, 2.24) is 5.32 Å². The van der Waals surface area contributed by atoms with Crippen LogP contribution in [-0.2, 0) is 6.54 Å². The van der Waals surface area contributed by atoms with Crippen molar-refractivity contribution in [2.75, 3.05) is 19.8 Å². The van der Waals surface area contributed by atoms with E-state index >= 15 is 0 Å². The van der Waals surface area contributed by atoms with Gasteiger partial charge in [0.25, 0.3) is 0 Å². The van der Waals surface area contributed by atoms with E-state index in [9.17, 15) is 0 Å². The molecule has 0 bridgehead atoms.